The van der Waals surface area contributed by atoms with E-state index in [1.54, 1.807) is 12.1 Å². The first kappa shape index (κ1) is 14.4. The van der Waals surface area contributed by atoms with Crippen molar-refractivity contribution in [3.05, 3.63) is 52.6 Å². The number of hydrogen-bond donors (Lipinski definition) is 1. The Morgan fingerprint density at radius 1 is 1.50 bits per heavy atom. The molecule has 98 valence electrons. The molecule has 0 aromatic heterocycles. The van der Waals surface area contributed by atoms with E-state index in [9.17, 15) is 10.1 Å². The zero-order valence-corrected chi connectivity index (χ0v) is 10.8. The molecule has 0 bridgehead atoms. The minimum Gasteiger partial charge on any atom is -0.312 e. The molecule has 0 heterocycles. The second-order valence-corrected chi connectivity index (χ2v) is 4.48. The van der Waals surface area contributed by atoms with Gasteiger partial charge in [0.2, 0.25) is 0 Å². The molecular formula is C14H20N2O2. The highest BCUT2D eigenvalue weighted by Gasteiger charge is 2.11. The third-order valence-corrected chi connectivity index (χ3v) is 2.89. The molecule has 0 aliphatic rings. The highest BCUT2D eigenvalue weighted by molar-refractivity contribution is 5.39. The maximum Gasteiger partial charge on any atom is 0.273 e. The Bertz CT molecular complexity index is 405. The smallest absolute Gasteiger partial charge is 0.273 e. The Labute approximate surface area is 108 Å². The summed E-state index contributed by atoms with van der Waals surface area (Å²) in [5.74, 6) is 0.598. The van der Waals surface area contributed by atoms with E-state index in [1.165, 1.54) is 6.07 Å². The zero-order chi connectivity index (χ0) is 13.4. The van der Waals surface area contributed by atoms with E-state index < -0.39 is 0 Å². The molecule has 0 spiro atoms. The molecule has 4 heteroatoms. The van der Waals surface area contributed by atoms with E-state index in [4.69, 9.17) is 0 Å². The van der Waals surface area contributed by atoms with E-state index in [0.717, 1.165) is 24.9 Å². The minimum atomic E-state index is -0.336. The van der Waals surface area contributed by atoms with Crippen LogP contribution in [0.4, 0.5) is 5.69 Å². The molecule has 1 atom stereocenters. The standard InChI is InChI=1S/C14H20N2O2/c1-3-6-12(2)9-10-15-11-13-7-4-5-8-14(13)16(17)18/h3-5,7-8,12,15H,1,6,9-11H2,2H3. The Morgan fingerprint density at radius 3 is 2.89 bits per heavy atom. The molecule has 0 aliphatic carbocycles. The highest BCUT2D eigenvalue weighted by Crippen LogP contribution is 2.17. The van der Waals surface area contributed by atoms with Gasteiger partial charge in [0, 0.05) is 18.2 Å². The lowest BCUT2D eigenvalue weighted by atomic mass is 10.0. The van der Waals surface area contributed by atoms with Crippen LogP contribution in [0, 0.1) is 16.0 Å². The fraction of sp³-hybridized carbons (Fsp3) is 0.429. The van der Waals surface area contributed by atoms with Crippen molar-refractivity contribution in [2.75, 3.05) is 6.54 Å². The Balaban J connectivity index is 2.40. The fourth-order valence-corrected chi connectivity index (χ4v) is 1.81. The molecule has 1 rings (SSSR count). The van der Waals surface area contributed by atoms with Gasteiger partial charge in [0.25, 0.3) is 5.69 Å². The number of nitro groups is 1. The third kappa shape index (κ3) is 4.67. The maximum absolute atomic E-state index is 10.8. The summed E-state index contributed by atoms with van der Waals surface area (Å²) in [6, 6.07) is 6.84. The Kier molecular flexibility index (Phi) is 6.08. The minimum absolute atomic E-state index is 0.184. The molecule has 0 saturated heterocycles. The van der Waals surface area contributed by atoms with Gasteiger partial charge in [-0.3, -0.25) is 10.1 Å². The zero-order valence-electron chi connectivity index (χ0n) is 10.8. The van der Waals surface area contributed by atoms with Crippen molar-refractivity contribution in [2.45, 2.75) is 26.3 Å². The largest absolute Gasteiger partial charge is 0.312 e. The molecule has 0 radical (unpaired) electrons. The summed E-state index contributed by atoms with van der Waals surface area (Å²) in [4.78, 5) is 10.5. The van der Waals surface area contributed by atoms with Gasteiger partial charge in [-0.25, -0.2) is 0 Å². The van der Waals surface area contributed by atoms with Crippen molar-refractivity contribution in [1.82, 2.24) is 5.32 Å². The van der Waals surface area contributed by atoms with Crippen molar-refractivity contribution in [2.24, 2.45) is 5.92 Å². The lowest BCUT2D eigenvalue weighted by Gasteiger charge is -2.09. The van der Waals surface area contributed by atoms with Crippen LogP contribution < -0.4 is 5.32 Å². The molecular weight excluding hydrogens is 228 g/mol. The number of rotatable bonds is 8. The molecule has 0 amide bonds. The topological polar surface area (TPSA) is 55.2 Å². The van der Waals surface area contributed by atoms with Gasteiger partial charge in [-0.15, -0.1) is 6.58 Å². The normalized spacial score (nSPS) is 12.1. The van der Waals surface area contributed by atoms with E-state index >= 15 is 0 Å². The van der Waals surface area contributed by atoms with Gasteiger partial charge in [-0.2, -0.15) is 0 Å². The van der Waals surface area contributed by atoms with Crippen molar-refractivity contribution in [3.8, 4) is 0 Å². The second-order valence-electron chi connectivity index (χ2n) is 4.48. The summed E-state index contributed by atoms with van der Waals surface area (Å²) in [7, 11) is 0. The van der Waals surface area contributed by atoms with E-state index in [2.05, 4.69) is 18.8 Å². The first-order valence-electron chi connectivity index (χ1n) is 6.19. The number of para-hydroxylation sites is 1. The van der Waals surface area contributed by atoms with Crippen molar-refractivity contribution in [1.29, 1.82) is 0 Å². The lowest BCUT2D eigenvalue weighted by molar-refractivity contribution is -0.385. The van der Waals surface area contributed by atoms with Crippen LogP contribution in [0.5, 0.6) is 0 Å². The quantitative estimate of drug-likeness (QED) is 0.332. The summed E-state index contributed by atoms with van der Waals surface area (Å²) in [5, 5.41) is 14.1. The molecule has 1 aromatic rings. The van der Waals surface area contributed by atoms with Gasteiger partial charge in [0.05, 0.1) is 4.92 Å². The number of nitrogens with one attached hydrogen (secondary N) is 1. The Morgan fingerprint density at radius 2 is 2.22 bits per heavy atom. The van der Waals surface area contributed by atoms with Crippen LogP contribution in [-0.4, -0.2) is 11.5 Å². The first-order valence-corrected chi connectivity index (χ1v) is 6.19. The summed E-state index contributed by atoms with van der Waals surface area (Å²) in [5.41, 5.74) is 0.919. The monoisotopic (exact) mass is 248 g/mol. The number of allylic oxidation sites excluding steroid dienone is 1. The van der Waals surface area contributed by atoms with Crippen LogP contribution in [0.3, 0.4) is 0 Å². The number of nitro benzene ring substituents is 1. The van der Waals surface area contributed by atoms with Crippen LogP contribution >= 0.6 is 0 Å². The van der Waals surface area contributed by atoms with Crippen LogP contribution in [0.15, 0.2) is 36.9 Å². The van der Waals surface area contributed by atoms with E-state index in [0.29, 0.717) is 12.5 Å². The van der Waals surface area contributed by atoms with Crippen LogP contribution in [0.2, 0.25) is 0 Å². The van der Waals surface area contributed by atoms with Crippen LogP contribution in [0.1, 0.15) is 25.3 Å². The van der Waals surface area contributed by atoms with Gasteiger partial charge in [0.15, 0.2) is 0 Å². The van der Waals surface area contributed by atoms with Gasteiger partial charge >= 0.3 is 0 Å². The maximum atomic E-state index is 10.8. The van der Waals surface area contributed by atoms with Crippen molar-refractivity contribution < 1.29 is 4.92 Å². The van der Waals surface area contributed by atoms with E-state index in [1.807, 2.05) is 12.1 Å². The average Bonchev–Trinajstić information content (AvgIpc) is 2.35. The molecule has 0 fully saturated rings. The molecule has 1 unspecified atom stereocenters. The summed E-state index contributed by atoms with van der Waals surface area (Å²) < 4.78 is 0. The van der Waals surface area contributed by atoms with Gasteiger partial charge < -0.3 is 5.32 Å². The van der Waals surface area contributed by atoms with Crippen LogP contribution in [0.25, 0.3) is 0 Å². The molecule has 1 N–H and O–H groups in total. The predicted molar refractivity (Wildman–Crippen MR) is 73.4 cm³/mol. The summed E-state index contributed by atoms with van der Waals surface area (Å²) >= 11 is 0. The number of hydrogen-bond acceptors (Lipinski definition) is 3. The lowest BCUT2D eigenvalue weighted by Crippen LogP contribution is -2.17. The van der Waals surface area contributed by atoms with Gasteiger partial charge in [0.1, 0.15) is 0 Å². The molecule has 18 heavy (non-hydrogen) atoms. The van der Waals surface area contributed by atoms with Gasteiger partial charge in [-0.05, 0) is 25.3 Å². The highest BCUT2D eigenvalue weighted by atomic mass is 16.6. The van der Waals surface area contributed by atoms with E-state index in [-0.39, 0.29) is 10.6 Å². The molecule has 1 aromatic carbocycles. The SMILES string of the molecule is C=CCC(C)CCNCc1ccccc1[N+](=O)[O-]. The fourth-order valence-electron chi connectivity index (χ4n) is 1.81. The molecule has 0 saturated carbocycles. The predicted octanol–water partition coefficient (Wildman–Crippen LogP) is 3.29. The second kappa shape index (κ2) is 7.61. The van der Waals surface area contributed by atoms with Crippen molar-refractivity contribution in [3.63, 3.8) is 0 Å². The number of nitrogens with zero attached hydrogens (tertiary/aromatic N) is 1. The Hall–Kier alpha value is -1.68. The summed E-state index contributed by atoms with van der Waals surface area (Å²) in [6.07, 6.45) is 3.98. The average molecular weight is 248 g/mol. The molecule has 4 nitrogen and oxygen atoms in total. The number of benzene rings is 1. The van der Waals surface area contributed by atoms with Gasteiger partial charge in [-0.1, -0.05) is 31.2 Å². The molecule has 0 aliphatic heterocycles. The van der Waals surface area contributed by atoms with Crippen molar-refractivity contribution >= 4 is 5.69 Å². The first-order chi connectivity index (χ1) is 8.65. The summed E-state index contributed by atoms with van der Waals surface area (Å²) in [6.45, 7) is 7.29. The van der Waals surface area contributed by atoms with Crippen LogP contribution in [-0.2, 0) is 6.54 Å². The third-order valence-electron chi connectivity index (χ3n) is 2.89.